The summed E-state index contributed by atoms with van der Waals surface area (Å²) in [5.41, 5.74) is 58.3. The highest BCUT2D eigenvalue weighted by atomic mass is 31.3. The van der Waals surface area contributed by atoms with Crippen LogP contribution in [-0.2, 0) is 55.3 Å². The summed E-state index contributed by atoms with van der Waals surface area (Å²) < 4.78 is 188. The first kappa shape index (κ1) is 120. The number of hydrogen-bond donors (Lipinski definition) is 22. The van der Waals surface area contributed by atoms with E-state index in [9.17, 15) is 134 Å². The Morgan fingerprint density at radius 3 is 1.07 bits per heavy atom. The summed E-state index contributed by atoms with van der Waals surface area (Å²) in [6.07, 6.45) is -27.1. The number of phosphoric ester groups is 1. The Morgan fingerprint density at radius 1 is 0.446 bits per heavy atom. The Labute approximate surface area is 815 Å². The maximum Gasteiger partial charge on any atom is 0.490 e. The first-order valence-corrected chi connectivity index (χ1v) is 45.6. The van der Waals surface area contributed by atoms with Crippen molar-refractivity contribution in [3.05, 3.63) is 181 Å². The van der Waals surface area contributed by atoms with Crippen molar-refractivity contribution in [1.82, 2.24) is 67.3 Å². The molecular formula is C66H90F7N38O34P3. The van der Waals surface area contributed by atoms with Crippen molar-refractivity contribution in [1.29, 1.82) is 0 Å². The van der Waals surface area contributed by atoms with E-state index in [4.69, 9.17) is 104 Å². The number of rotatable bonds is 34. The molecule has 6 fully saturated rings. The van der Waals surface area contributed by atoms with Gasteiger partial charge in [-0.05, 0) is 66.1 Å². The number of hydrogen-bond acceptors (Lipinski definition) is 50. The molecule has 0 saturated carbocycles. The van der Waals surface area contributed by atoms with Gasteiger partial charge in [-0.3, -0.25) is 42.6 Å². The van der Waals surface area contributed by atoms with Crippen LogP contribution >= 0.6 is 23.5 Å². The molecule has 6 saturated heterocycles. The average molecular weight is 2190 g/mol. The molecule has 148 heavy (non-hydrogen) atoms. The second-order valence-corrected chi connectivity index (χ2v) is 35.9. The molecule has 26 N–H and O–H groups in total. The molecule has 7 aromatic heterocycles. The minimum Gasteiger partial charge on any atom is -0.476 e. The summed E-state index contributed by atoms with van der Waals surface area (Å²) in [5, 5.41) is 138. The van der Waals surface area contributed by atoms with Crippen molar-refractivity contribution >= 4 is 69.7 Å². The number of halogens is 7. The van der Waals surface area contributed by atoms with E-state index < -0.39 is 287 Å². The van der Waals surface area contributed by atoms with Gasteiger partial charge in [0.15, 0.2) is 103 Å². The Bertz CT molecular complexity index is 6460. The maximum absolute atomic E-state index is 14.9. The molecule has 2 unspecified atom stereocenters. The second-order valence-electron chi connectivity index (χ2n) is 31.4. The summed E-state index contributed by atoms with van der Waals surface area (Å²) >= 11 is 0. The fourth-order valence-corrected chi connectivity index (χ4v) is 17.4. The van der Waals surface area contributed by atoms with Crippen LogP contribution in [0.25, 0.3) is 73.8 Å². The molecule has 0 bridgehead atoms. The van der Waals surface area contributed by atoms with Gasteiger partial charge in [0, 0.05) is 72.4 Å². The van der Waals surface area contributed by atoms with Crippen LogP contribution in [-0.4, -0.2) is 348 Å². The van der Waals surface area contributed by atoms with Gasteiger partial charge in [0.25, 0.3) is 0 Å². The first-order chi connectivity index (χ1) is 69.6. The van der Waals surface area contributed by atoms with Crippen LogP contribution in [0.1, 0.15) is 55.4 Å². The predicted molar refractivity (Wildman–Crippen MR) is 473 cm³/mol. The van der Waals surface area contributed by atoms with Gasteiger partial charge in [-0.25, -0.2) is 73.4 Å². The van der Waals surface area contributed by atoms with Crippen LogP contribution in [0, 0.1) is 19.7 Å². The number of anilines is 6. The molecule has 6 aliphatic heterocycles. The maximum atomic E-state index is 14.9. The third-order valence-electron chi connectivity index (χ3n) is 22.1. The third kappa shape index (κ3) is 26.5. The number of nitrogen functional groups attached to an aromatic ring is 4. The molecule has 7 aromatic rings. The quantitative estimate of drug-likeness (QED) is 0.00489. The zero-order chi connectivity index (χ0) is 111. The highest BCUT2D eigenvalue weighted by Gasteiger charge is 2.62. The van der Waals surface area contributed by atoms with E-state index in [1.807, 2.05) is 0 Å². The number of aryl methyl sites for hydroxylation is 2. The zero-order valence-electron chi connectivity index (χ0n) is 75.8. The number of imidazole rings is 1. The highest BCUT2D eigenvalue weighted by molar-refractivity contribution is 7.66. The molecule has 13 heterocycles. The number of aliphatic hydroxyl groups is 11. The van der Waals surface area contributed by atoms with Gasteiger partial charge in [0.1, 0.15) is 87.7 Å². The van der Waals surface area contributed by atoms with Gasteiger partial charge < -0.3 is 137 Å². The highest BCUT2D eigenvalue weighted by Crippen LogP contribution is 2.67. The van der Waals surface area contributed by atoms with E-state index in [0.717, 1.165) is 26.1 Å². The van der Waals surface area contributed by atoms with Gasteiger partial charge in [-0.1, -0.05) is 30.7 Å². The molecule has 0 radical (unpaired) electrons. The van der Waals surface area contributed by atoms with Gasteiger partial charge >= 0.3 is 51.9 Å². The van der Waals surface area contributed by atoms with Crippen LogP contribution < -0.4 is 66.9 Å². The van der Waals surface area contributed by atoms with E-state index in [0.29, 0.717) is 27.5 Å². The number of aromatic nitrogens is 14. The van der Waals surface area contributed by atoms with Gasteiger partial charge in [-0.15, -0.1) is 0 Å². The minimum atomic E-state index is -5.87. The predicted octanol–water partition coefficient (Wildman–Crippen LogP) is -2.66. The van der Waals surface area contributed by atoms with E-state index >= 15 is 0 Å². The lowest BCUT2D eigenvalue weighted by Crippen LogP contribution is -2.48. The SMILES string of the molecule is CCOc1nc(N)nc2c1ncn2[C@@H]1O[C@@](CO)(CN=[N+]=[N-])[C@@H](O)[C@H]1F.CNc1ccn([C@@H]2O[C@@](CO)(CN=[N+]=[N-])[C@@H](O)[C@H]2F)c(=O)n1.Cc1cn([C@@H]2O[C@@](CO)(CN=[N+]=[N-])[C@@H](O)[C@H]2F)c(=O)nc1N.Cc1cn([C@@H]2O[C@](CN=[N+]=[N-])(COP(=O)(O)OP(=O)(O)OP(=O)(O)O)[C@@H](O)[C@H]2F)c(=O)nc1N.[N-]=[N+]=NC[C@]1(CO)O[C@@H](n2cc(F)c(N)nc2=O)[C@H](F)[C@@H]1O.[N-]=[N+]=NC[C@]1(CO)O[C@@H](n2ccc(NO)nc2=O)[C@H](F)[C@@H]1O. The normalized spacial score (nSPS) is 29.9. The van der Waals surface area contributed by atoms with Crippen LogP contribution in [0.4, 0.5) is 65.8 Å². The molecule has 0 aromatic carbocycles. The number of phosphoric acid groups is 3. The average Bonchev–Trinajstić information content (AvgIpc) is 1.57. The molecule has 82 heteroatoms. The molecule has 72 nitrogen and oxygen atoms in total. The van der Waals surface area contributed by atoms with Crippen molar-refractivity contribution in [3.8, 4) is 5.88 Å². The lowest BCUT2D eigenvalue weighted by Gasteiger charge is -2.30. The lowest BCUT2D eigenvalue weighted by atomic mass is 9.97. The Hall–Kier alpha value is -13.4. The monoisotopic (exact) mass is 2180 g/mol. The summed E-state index contributed by atoms with van der Waals surface area (Å²) in [5.74, 6) is -1.78. The number of ether oxygens (including phenoxy) is 7. The summed E-state index contributed by atoms with van der Waals surface area (Å²) in [6.45, 7) is -3.81. The standard InChI is InChI=1S/C13H17FN8O4.C11H18FN6O13P3.2C11H15FN6O4.C10H12F2N6O4.C10H13FN6O5/c1-2-25-10-7-9(19-12(15)20-10)22(5-17-7)11-6(14)8(24)13(4-23,26-11)3-18-21-16;1-5-2-18(10(20)16-8(5)13)9-6(12)7(19)11(29-9,3-15-17-14)4-28-33(24,25)31-34(26,27)30-32(21,22)23;1-5-2-18(10(21)16-8(5)13)9-6(12)7(20)11(4-19,22-9)3-15-17-14;1-14-6-2-3-18(10(21)16-6)9-7(12)8(20)11(5-19,22-9)4-15-17-13;11-4-1-18(9(21)16-7(4)13)8-5(12)6(20)10(3-19,22-8)2-15-17-14;11-6-7(19)10(4-18,3-13-16-12)22-8(6)17-2-1-5(15-21)14-9(17)20/h5-6,8,11,23-24H,2-4H2,1H3,(H2,15,19,20);2,6-7,9,19H,3-4H2,1H3,(H,24,25)(H,26,27)(H2,13,16,20)(H2,21,22,23);2,6-7,9,19-20H,3-4H2,1H3,(H2,13,16,21);2-3,7-9,19-20H,4-5H2,1H3,(H,14,16,21);1,5-6,8,19-20H,2-3H2,(H2,13,16,21);1-2,6-8,18-19,21H,3-4H2,(H,14,15,20)/t6-,8+,11-,13-;2*6-,7+,9-,11-;7-,8+,9-,11-;5-,6+,8-,10-;6-,7+,8-,10-/m111111/s1. The smallest absolute Gasteiger partial charge is 0.476 e. The number of aliphatic hydroxyl groups excluding tert-OH is 11. The van der Waals surface area contributed by atoms with Crippen molar-refractivity contribution in [2.45, 2.75) is 165 Å². The fourth-order valence-electron chi connectivity index (χ4n) is 14.4. The summed E-state index contributed by atoms with van der Waals surface area (Å²) in [4.78, 5) is 139. The molecule has 0 aliphatic carbocycles. The first-order valence-electron chi connectivity index (χ1n) is 41.1. The van der Waals surface area contributed by atoms with Gasteiger partial charge in [0.05, 0.1) is 98.0 Å². The Balaban J connectivity index is 0.000000218. The van der Waals surface area contributed by atoms with Gasteiger partial charge in [-0.2, -0.15) is 43.5 Å². The second kappa shape index (κ2) is 50.1. The fraction of sp³-hybridized carbons (Fsp3) is 0.621. The number of nitrogens with two attached hydrogens (primary N) is 4. The van der Waals surface area contributed by atoms with Crippen LogP contribution in [0.3, 0.4) is 0 Å². The topological polar surface area (TPSA) is 1110 Å². The van der Waals surface area contributed by atoms with E-state index in [-0.39, 0.29) is 51.8 Å². The molecule has 26 atom stereocenters. The molecule has 0 amide bonds. The van der Waals surface area contributed by atoms with Crippen molar-refractivity contribution in [2.24, 2.45) is 30.7 Å². The van der Waals surface area contributed by atoms with Gasteiger partial charge in [0.2, 0.25) is 11.8 Å². The molecule has 0 spiro atoms. The Morgan fingerprint density at radius 2 is 0.750 bits per heavy atom. The Kier molecular flexibility index (Phi) is 40.5. The third-order valence-corrected chi connectivity index (χ3v) is 25.9. The number of fused-ring (bicyclic) bond motifs is 1. The molecule has 13 rings (SSSR count). The zero-order valence-corrected chi connectivity index (χ0v) is 78.5. The van der Waals surface area contributed by atoms with E-state index in [1.165, 1.54) is 42.3 Å². The van der Waals surface area contributed by atoms with E-state index in [2.05, 4.69) is 118 Å². The summed E-state index contributed by atoms with van der Waals surface area (Å²) in [6, 6.07) is 2.60. The van der Waals surface area contributed by atoms with Crippen LogP contribution in [0.2, 0.25) is 0 Å². The van der Waals surface area contributed by atoms with Crippen LogP contribution in [0.15, 0.2) is 104 Å². The van der Waals surface area contributed by atoms with Crippen molar-refractivity contribution in [2.75, 3.05) is 126 Å². The number of alkyl halides is 6. The number of azide groups is 6. The van der Waals surface area contributed by atoms with E-state index in [1.54, 1.807) is 26.4 Å². The molecule has 812 valence electrons. The lowest BCUT2D eigenvalue weighted by molar-refractivity contribution is -0.122. The molecule has 6 aliphatic rings. The van der Waals surface area contributed by atoms with Crippen molar-refractivity contribution < 1.29 is 172 Å². The minimum absolute atomic E-state index is 0.00212. The number of nitrogens with zero attached hydrogens (tertiary/aromatic N) is 32. The van der Waals surface area contributed by atoms with Crippen LogP contribution in [0.5, 0.6) is 5.88 Å². The largest absolute Gasteiger partial charge is 0.490 e. The van der Waals surface area contributed by atoms with Crippen molar-refractivity contribution in [3.63, 3.8) is 0 Å². The summed E-state index contributed by atoms with van der Waals surface area (Å²) in [7, 11) is -15.7. The molecular weight excluding hydrogens is 2090 g/mol. The number of nitrogens with one attached hydrogen (secondary N) is 2.